The van der Waals surface area contributed by atoms with Crippen LogP contribution < -0.4 is 4.74 Å². The van der Waals surface area contributed by atoms with Crippen molar-refractivity contribution < 1.29 is 9.84 Å². The molecule has 5 nitrogen and oxygen atoms in total. The van der Waals surface area contributed by atoms with Crippen molar-refractivity contribution in [2.75, 3.05) is 0 Å². The van der Waals surface area contributed by atoms with E-state index in [0.29, 0.717) is 23.0 Å². The maximum atomic E-state index is 11.6. The molecule has 6 aromatic carbocycles. The van der Waals surface area contributed by atoms with E-state index in [4.69, 9.17) is 9.72 Å². The standard InChI is InChI=1S/C48H39N3O2/c1-48(2,3)38-26-27-43(52)41(32-38)47-50-45(37-22-15-23-39(30-37)53-44-31-36(28-29-49-44)33-16-7-4-8-17-33)46(35-20-11-6-12-21-35)51(47)42-25-14-13-24-40(42)34-18-9-5-10-19-34/h4-32,52H,1-3H3. The Bertz CT molecular complexity index is 2520. The molecule has 0 bridgehead atoms. The molecular weight excluding hydrogens is 651 g/mol. The third kappa shape index (κ3) is 6.85. The lowest BCUT2D eigenvalue weighted by Crippen LogP contribution is -2.11. The Hall–Kier alpha value is -6.72. The highest BCUT2D eigenvalue weighted by molar-refractivity contribution is 5.88. The van der Waals surface area contributed by atoms with Gasteiger partial charge < -0.3 is 9.84 Å². The van der Waals surface area contributed by atoms with Crippen molar-refractivity contribution >= 4 is 0 Å². The number of ether oxygens (including phenoxy) is 1. The molecule has 0 fully saturated rings. The highest BCUT2D eigenvalue weighted by Gasteiger charge is 2.27. The summed E-state index contributed by atoms with van der Waals surface area (Å²) in [6, 6.07) is 57.0. The summed E-state index contributed by atoms with van der Waals surface area (Å²) in [7, 11) is 0. The number of phenolic OH excluding ortho intramolecular Hbond substituents is 1. The van der Waals surface area contributed by atoms with Crippen LogP contribution in [-0.4, -0.2) is 19.6 Å². The topological polar surface area (TPSA) is 60.2 Å². The van der Waals surface area contributed by atoms with Crippen LogP contribution in [0.15, 0.2) is 176 Å². The number of rotatable bonds is 8. The summed E-state index contributed by atoms with van der Waals surface area (Å²) in [5.74, 6) is 1.93. The van der Waals surface area contributed by atoms with E-state index in [1.54, 1.807) is 12.3 Å². The molecule has 2 aromatic heterocycles. The summed E-state index contributed by atoms with van der Waals surface area (Å²) in [6.07, 6.45) is 1.77. The second-order valence-corrected chi connectivity index (χ2v) is 14.1. The molecule has 0 spiro atoms. The van der Waals surface area contributed by atoms with Crippen molar-refractivity contribution in [2.24, 2.45) is 0 Å². The molecule has 0 aliphatic heterocycles. The monoisotopic (exact) mass is 689 g/mol. The quantitative estimate of drug-likeness (QED) is 0.172. The molecule has 0 saturated heterocycles. The van der Waals surface area contributed by atoms with Gasteiger partial charge in [-0.1, -0.05) is 148 Å². The Labute approximate surface area is 310 Å². The second-order valence-electron chi connectivity index (χ2n) is 14.1. The maximum Gasteiger partial charge on any atom is 0.219 e. The third-order valence-corrected chi connectivity index (χ3v) is 9.43. The lowest BCUT2D eigenvalue weighted by Gasteiger charge is -2.21. The van der Waals surface area contributed by atoms with Crippen molar-refractivity contribution in [3.8, 4) is 79.2 Å². The molecule has 0 radical (unpaired) electrons. The third-order valence-electron chi connectivity index (χ3n) is 9.43. The van der Waals surface area contributed by atoms with Gasteiger partial charge in [-0.2, -0.15) is 0 Å². The number of hydrogen-bond donors (Lipinski definition) is 1. The van der Waals surface area contributed by atoms with E-state index in [0.717, 1.165) is 56.0 Å². The van der Waals surface area contributed by atoms with E-state index in [1.165, 1.54) is 0 Å². The Morgan fingerprint density at radius 1 is 0.547 bits per heavy atom. The van der Waals surface area contributed by atoms with Gasteiger partial charge in [-0.3, -0.25) is 4.57 Å². The van der Waals surface area contributed by atoms with Gasteiger partial charge in [0.25, 0.3) is 0 Å². The molecule has 1 N–H and O–H groups in total. The number of para-hydroxylation sites is 1. The molecule has 0 unspecified atom stereocenters. The van der Waals surface area contributed by atoms with Gasteiger partial charge in [0, 0.05) is 29.0 Å². The van der Waals surface area contributed by atoms with E-state index in [1.807, 2.05) is 78.9 Å². The lowest BCUT2D eigenvalue weighted by atomic mass is 9.86. The van der Waals surface area contributed by atoms with Crippen LogP contribution in [-0.2, 0) is 5.41 Å². The minimum Gasteiger partial charge on any atom is -0.507 e. The average Bonchev–Trinajstić information content (AvgIpc) is 3.59. The molecule has 0 atom stereocenters. The number of benzene rings is 6. The SMILES string of the molecule is CC(C)(C)c1ccc(O)c(-c2nc(-c3cccc(Oc4cc(-c5ccccc5)ccn4)c3)c(-c3ccccc3)n2-c2ccccc2-c2ccccc2)c1. The summed E-state index contributed by atoms with van der Waals surface area (Å²) in [5, 5.41) is 11.6. The first-order valence-electron chi connectivity index (χ1n) is 17.8. The van der Waals surface area contributed by atoms with Crippen molar-refractivity contribution in [3.05, 3.63) is 182 Å². The van der Waals surface area contributed by atoms with Gasteiger partial charge in [-0.15, -0.1) is 0 Å². The van der Waals surface area contributed by atoms with Crippen molar-refractivity contribution in [1.29, 1.82) is 0 Å². The Kier molecular flexibility index (Phi) is 8.91. The Balaban J connectivity index is 1.36. The molecular formula is C48H39N3O2. The fourth-order valence-corrected chi connectivity index (χ4v) is 6.71. The van der Waals surface area contributed by atoms with Gasteiger partial charge in [0.1, 0.15) is 17.3 Å². The summed E-state index contributed by atoms with van der Waals surface area (Å²) in [5.41, 5.74) is 10.3. The zero-order valence-corrected chi connectivity index (χ0v) is 29.9. The fourth-order valence-electron chi connectivity index (χ4n) is 6.71. The predicted octanol–water partition coefficient (Wildman–Crippen LogP) is 12.4. The first kappa shape index (κ1) is 33.4. The predicted molar refractivity (Wildman–Crippen MR) is 215 cm³/mol. The van der Waals surface area contributed by atoms with E-state index in [-0.39, 0.29) is 11.2 Å². The van der Waals surface area contributed by atoms with Crippen molar-refractivity contribution in [2.45, 2.75) is 26.2 Å². The van der Waals surface area contributed by atoms with Crippen LogP contribution in [0.5, 0.6) is 17.4 Å². The lowest BCUT2D eigenvalue weighted by molar-refractivity contribution is 0.463. The normalized spacial score (nSPS) is 11.4. The number of hydrogen-bond acceptors (Lipinski definition) is 4. The summed E-state index contributed by atoms with van der Waals surface area (Å²) >= 11 is 0. The number of pyridine rings is 1. The van der Waals surface area contributed by atoms with E-state index < -0.39 is 0 Å². The van der Waals surface area contributed by atoms with E-state index in [2.05, 4.69) is 115 Å². The van der Waals surface area contributed by atoms with Gasteiger partial charge in [-0.05, 0) is 64.1 Å². The minimum absolute atomic E-state index is 0.148. The molecule has 0 saturated carbocycles. The maximum absolute atomic E-state index is 11.6. The largest absolute Gasteiger partial charge is 0.507 e. The van der Waals surface area contributed by atoms with Crippen LogP contribution in [0.4, 0.5) is 0 Å². The Morgan fingerprint density at radius 2 is 1.19 bits per heavy atom. The van der Waals surface area contributed by atoms with Crippen LogP contribution in [0.25, 0.3) is 61.8 Å². The summed E-state index contributed by atoms with van der Waals surface area (Å²) in [6.45, 7) is 6.53. The first-order chi connectivity index (χ1) is 25.8. The number of aromatic nitrogens is 3. The molecule has 5 heteroatoms. The van der Waals surface area contributed by atoms with Gasteiger partial charge >= 0.3 is 0 Å². The molecule has 53 heavy (non-hydrogen) atoms. The number of nitrogens with zero attached hydrogens (tertiary/aromatic N) is 3. The first-order valence-corrected chi connectivity index (χ1v) is 17.8. The zero-order chi connectivity index (χ0) is 36.4. The highest BCUT2D eigenvalue weighted by atomic mass is 16.5. The molecule has 8 rings (SSSR count). The van der Waals surface area contributed by atoms with Crippen LogP contribution in [0, 0.1) is 0 Å². The molecule has 0 aliphatic rings. The van der Waals surface area contributed by atoms with Crippen molar-refractivity contribution in [3.63, 3.8) is 0 Å². The minimum atomic E-state index is -0.148. The average molecular weight is 690 g/mol. The van der Waals surface area contributed by atoms with Gasteiger partial charge in [0.05, 0.1) is 22.6 Å². The Morgan fingerprint density at radius 3 is 1.91 bits per heavy atom. The van der Waals surface area contributed by atoms with E-state index in [9.17, 15) is 5.11 Å². The van der Waals surface area contributed by atoms with Gasteiger partial charge in [-0.25, -0.2) is 9.97 Å². The molecule has 0 aliphatic carbocycles. The fraction of sp³-hybridized carbons (Fsp3) is 0.0833. The van der Waals surface area contributed by atoms with Crippen LogP contribution >= 0.6 is 0 Å². The highest BCUT2D eigenvalue weighted by Crippen LogP contribution is 2.44. The molecule has 8 aromatic rings. The number of imidazole rings is 1. The van der Waals surface area contributed by atoms with Gasteiger partial charge in [0.2, 0.25) is 5.88 Å². The number of phenols is 1. The van der Waals surface area contributed by atoms with Crippen molar-refractivity contribution in [1.82, 2.24) is 14.5 Å². The van der Waals surface area contributed by atoms with Gasteiger partial charge in [0.15, 0.2) is 0 Å². The van der Waals surface area contributed by atoms with Crippen LogP contribution in [0.1, 0.15) is 26.3 Å². The molecule has 2 heterocycles. The van der Waals surface area contributed by atoms with Crippen LogP contribution in [0.2, 0.25) is 0 Å². The molecule has 258 valence electrons. The summed E-state index contributed by atoms with van der Waals surface area (Å²) < 4.78 is 8.62. The summed E-state index contributed by atoms with van der Waals surface area (Å²) in [4.78, 5) is 9.99. The van der Waals surface area contributed by atoms with E-state index >= 15 is 0 Å². The zero-order valence-electron chi connectivity index (χ0n) is 29.9. The number of aromatic hydroxyl groups is 1. The second kappa shape index (κ2) is 14.1. The molecule has 0 amide bonds. The van der Waals surface area contributed by atoms with Crippen LogP contribution in [0.3, 0.4) is 0 Å². The smallest absolute Gasteiger partial charge is 0.219 e.